The van der Waals surface area contributed by atoms with Crippen molar-refractivity contribution in [3.05, 3.63) is 95.5 Å². The molecule has 5 nitrogen and oxygen atoms in total. The number of nitrogens with zero attached hydrogens (tertiary/aromatic N) is 1. The van der Waals surface area contributed by atoms with Gasteiger partial charge in [-0.3, -0.25) is 14.6 Å². The summed E-state index contributed by atoms with van der Waals surface area (Å²) in [5.74, 6) is -0.361. The maximum atomic E-state index is 12.5. The summed E-state index contributed by atoms with van der Waals surface area (Å²) in [4.78, 5) is 27.6. The number of hydrogen-bond donors (Lipinski definition) is 2. The first-order chi connectivity index (χ1) is 14.3. The van der Waals surface area contributed by atoms with Gasteiger partial charge < -0.3 is 10.6 Å². The maximum absolute atomic E-state index is 12.5. The summed E-state index contributed by atoms with van der Waals surface area (Å²) in [5.41, 5.74) is 3.65. The van der Waals surface area contributed by atoms with Crippen LogP contribution >= 0.6 is 0 Å². The Labute approximate surface area is 180 Å². The zero-order valence-corrected chi connectivity index (χ0v) is 18.8. The van der Waals surface area contributed by atoms with Gasteiger partial charge in [0.1, 0.15) is 0 Å². The first-order valence-electron chi connectivity index (χ1n) is 9.69. The minimum Gasteiger partial charge on any atom is -0.330 e. The van der Waals surface area contributed by atoms with E-state index in [9.17, 15) is 9.59 Å². The van der Waals surface area contributed by atoms with E-state index in [2.05, 4.69) is 22.2 Å². The summed E-state index contributed by atoms with van der Waals surface area (Å²) in [6.07, 6.45) is 19.8. The first kappa shape index (κ1) is 26.5. The SMILES string of the molecule is C=CC(=C\C=C(/C)NC(C)=O)/C(/C=C\C(=C/C)NC(=O)C(/C=N\C)=C/C=C\C)=C/C. The van der Waals surface area contributed by atoms with Gasteiger partial charge in [0.15, 0.2) is 0 Å². The highest BCUT2D eigenvalue weighted by Crippen LogP contribution is 2.14. The first-order valence-corrected chi connectivity index (χ1v) is 9.69. The molecule has 0 spiro atoms. The van der Waals surface area contributed by atoms with E-state index in [4.69, 9.17) is 0 Å². The van der Waals surface area contributed by atoms with Crippen LogP contribution in [0.5, 0.6) is 0 Å². The molecule has 0 bridgehead atoms. The van der Waals surface area contributed by atoms with E-state index in [-0.39, 0.29) is 11.8 Å². The van der Waals surface area contributed by atoms with E-state index in [1.54, 1.807) is 25.3 Å². The van der Waals surface area contributed by atoms with Crippen molar-refractivity contribution in [2.75, 3.05) is 7.05 Å². The molecule has 0 aromatic carbocycles. The molecule has 0 aliphatic rings. The highest BCUT2D eigenvalue weighted by molar-refractivity contribution is 6.13. The fraction of sp³-hybridized carbons (Fsp3) is 0.240. The largest absolute Gasteiger partial charge is 0.330 e. The zero-order chi connectivity index (χ0) is 22.9. The average Bonchev–Trinajstić information content (AvgIpc) is 2.71. The van der Waals surface area contributed by atoms with Gasteiger partial charge >= 0.3 is 0 Å². The molecule has 0 fully saturated rings. The fourth-order valence-electron chi connectivity index (χ4n) is 2.28. The fourth-order valence-corrected chi connectivity index (χ4v) is 2.28. The van der Waals surface area contributed by atoms with Crippen LogP contribution < -0.4 is 10.6 Å². The Morgan fingerprint density at radius 3 is 2.07 bits per heavy atom. The van der Waals surface area contributed by atoms with Crippen LogP contribution in [-0.2, 0) is 9.59 Å². The molecule has 0 aromatic rings. The molecule has 0 saturated heterocycles. The third-order valence-electron chi connectivity index (χ3n) is 3.76. The number of rotatable bonds is 10. The molecule has 0 heterocycles. The van der Waals surface area contributed by atoms with Gasteiger partial charge in [0, 0.05) is 31.6 Å². The predicted molar refractivity (Wildman–Crippen MR) is 128 cm³/mol. The molecule has 30 heavy (non-hydrogen) atoms. The van der Waals surface area contributed by atoms with E-state index in [1.807, 2.05) is 70.2 Å². The van der Waals surface area contributed by atoms with Crippen molar-refractivity contribution in [1.82, 2.24) is 10.6 Å². The topological polar surface area (TPSA) is 70.6 Å². The van der Waals surface area contributed by atoms with E-state index in [0.29, 0.717) is 11.3 Å². The van der Waals surface area contributed by atoms with E-state index >= 15 is 0 Å². The summed E-state index contributed by atoms with van der Waals surface area (Å²) >= 11 is 0. The second-order valence-corrected chi connectivity index (χ2v) is 6.17. The normalized spacial score (nSPS) is 14.7. The standard InChI is InChI=1S/C25H33N3O2/c1-8-12-13-23(18-26-7)25(30)28-24(11-4)17-16-22(10-3)21(9-2)15-14-19(5)27-20(6)29/h8-18H,2H2,1,3-7H3,(H,27,29)(H,28,30)/b12-8-,17-16-,19-14+,21-15+,22-10+,23-13+,24-11+,26-18-. The third-order valence-corrected chi connectivity index (χ3v) is 3.76. The number of hydrogen-bond acceptors (Lipinski definition) is 3. The van der Waals surface area contributed by atoms with Gasteiger partial charge in [-0.05, 0) is 57.1 Å². The molecule has 0 aromatic heterocycles. The Morgan fingerprint density at radius 2 is 1.57 bits per heavy atom. The van der Waals surface area contributed by atoms with Crippen LogP contribution in [-0.4, -0.2) is 25.1 Å². The number of aliphatic imine (C=N–C) groups is 1. The van der Waals surface area contributed by atoms with Crippen LogP contribution in [0.3, 0.4) is 0 Å². The van der Waals surface area contributed by atoms with Gasteiger partial charge in [-0.25, -0.2) is 0 Å². The number of allylic oxidation sites excluding steroid dienone is 13. The molecule has 160 valence electrons. The summed E-state index contributed by atoms with van der Waals surface area (Å²) in [5, 5.41) is 5.60. The highest BCUT2D eigenvalue weighted by Gasteiger charge is 2.07. The van der Waals surface area contributed by atoms with Crippen molar-refractivity contribution in [2.24, 2.45) is 4.99 Å². The lowest BCUT2D eigenvalue weighted by Crippen LogP contribution is -2.24. The summed E-state index contributed by atoms with van der Waals surface area (Å²) in [6.45, 7) is 12.8. The minimum absolute atomic E-state index is 0.118. The maximum Gasteiger partial charge on any atom is 0.257 e. The van der Waals surface area contributed by atoms with Crippen molar-refractivity contribution in [1.29, 1.82) is 0 Å². The summed E-state index contributed by atoms with van der Waals surface area (Å²) in [7, 11) is 1.62. The second kappa shape index (κ2) is 15.5. The van der Waals surface area contributed by atoms with Crippen molar-refractivity contribution in [3.8, 4) is 0 Å². The molecule has 0 radical (unpaired) electrons. The Morgan fingerprint density at radius 1 is 0.867 bits per heavy atom. The molecule has 0 rings (SSSR count). The number of nitrogens with one attached hydrogen (secondary N) is 2. The van der Waals surface area contributed by atoms with Gasteiger partial charge in [0.2, 0.25) is 5.91 Å². The molecular weight excluding hydrogens is 374 g/mol. The molecular formula is C25H33N3O2. The molecule has 0 aliphatic carbocycles. The van der Waals surface area contributed by atoms with Gasteiger partial charge in [0.05, 0.1) is 5.57 Å². The van der Waals surface area contributed by atoms with Gasteiger partial charge in [-0.1, -0.05) is 49.1 Å². The number of amides is 2. The van der Waals surface area contributed by atoms with Crippen LogP contribution in [0.1, 0.15) is 34.6 Å². The van der Waals surface area contributed by atoms with Crippen LogP contribution in [0.4, 0.5) is 0 Å². The Kier molecular flexibility index (Phi) is 13.7. The quantitative estimate of drug-likeness (QED) is 0.308. The third kappa shape index (κ3) is 10.8. The van der Waals surface area contributed by atoms with Crippen LogP contribution in [0.25, 0.3) is 0 Å². The van der Waals surface area contributed by atoms with Gasteiger partial charge in [-0.15, -0.1) is 0 Å². The predicted octanol–water partition coefficient (Wildman–Crippen LogP) is 4.86. The van der Waals surface area contributed by atoms with Crippen molar-refractivity contribution >= 4 is 18.0 Å². The highest BCUT2D eigenvalue weighted by atomic mass is 16.2. The summed E-state index contributed by atoms with van der Waals surface area (Å²) in [6, 6.07) is 0. The minimum atomic E-state index is -0.244. The molecule has 2 amide bonds. The lowest BCUT2D eigenvalue weighted by molar-refractivity contribution is -0.118. The average molecular weight is 408 g/mol. The van der Waals surface area contributed by atoms with Crippen molar-refractivity contribution in [3.63, 3.8) is 0 Å². The zero-order valence-electron chi connectivity index (χ0n) is 18.8. The number of carbonyl (C=O) groups is 2. The molecule has 2 N–H and O–H groups in total. The van der Waals surface area contributed by atoms with E-state index in [0.717, 1.165) is 16.8 Å². The van der Waals surface area contributed by atoms with E-state index < -0.39 is 0 Å². The smallest absolute Gasteiger partial charge is 0.257 e. The Hall–Kier alpha value is -3.47. The molecule has 0 aliphatic heterocycles. The van der Waals surface area contributed by atoms with E-state index in [1.165, 1.54) is 13.1 Å². The van der Waals surface area contributed by atoms with Gasteiger partial charge in [-0.2, -0.15) is 0 Å². The summed E-state index contributed by atoms with van der Waals surface area (Å²) < 4.78 is 0. The van der Waals surface area contributed by atoms with Crippen molar-refractivity contribution in [2.45, 2.75) is 34.6 Å². The molecule has 0 saturated carbocycles. The molecule has 5 heteroatoms. The molecule has 0 atom stereocenters. The Bertz CT molecular complexity index is 861. The monoisotopic (exact) mass is 407 g/mol. The Balaban J connectivity index is 5.54. The second-order valence-electron chi connectivity index (χ2n) is 6.17. The molecule has 0 unspecified atom stereocenters. The van der Waals surface area contributed by atoms with Crippen LogP contribution in [0.15, 0.2) is 100 Å². The van der Waals surface area contributed by atoms with Crippen LogP contribution in [0, 0.1) is 0 Å². The van der Waals surface area contributed by atoms with Gasteiger partial charge in [0.25, 0.3) is 5.91 Å². The van der Waals surface area contributed by atoms with Crippen molar-refractivity contribution < 1.29 is 9.59 Å². The lowest BCUT2D eigenvalue weighted by atomic mass is 10.0. The van der Waals surface area contributed by atoms with Crippen LogP contribution in [0.2, 0.25) is 0 Å². The lowest BCUT2D eigenvalue weighted by Gasteiger charge is -2.07. The number of carbonyl (C=O) groups excluding carboxylic acids is 2.